The first-order chi connectivity index (χ1) is 17.1. The predicted octanol–water partition coefficient (Wildman–Crippen LogP) is 2.41. The standard InChI is InChI=1S/C24H33N7O4S/c1-16-12-18(26-20(13-16)31-10-11-35-17(2)15-31)28-23(32)21-22(27-19(14-25-21)29-36(3,33)34)30-8-6-24(4-5-24)7-9-30/h12-14,17H,4-11,15H2,1-3H3,(H,27,29)(H,26,28,32)/t17-/m1/s1. The fraction of sp³-hybridized carbons (Fsp3) is 0.583. The molecule has 0 aromatic carbocycles. The molecule has 1 atom stereocenters. The molecule has 0 radical (unpaired) electrons. The van der Waals surface area contributed by atoms with E-state index in [2.05, 4.69) is 29.9 Å². The number of sulfonamides is 1. The summed E-state index contributed by atoms with van der Waals surface area (Å²) in [5.74, 6) is 1.25. The molecule has 3 aliphatic rings. The topological polar surface area (TPSA) is 130 Å². The maximum Gasteiger partial charge on any atom is 0.279 e. The van der Waals surface area contributed by atoms with Gasteiger partial charge in [-0.1, -0.05) is 0 Å². The number of amides is 1. The van der Waals surface area contributed by atoms with Crippen LogP contribution in [-0.4, -0.2) is 74.4 Å². The summed E-state index contributed by atoms with van der Waals surface area (Å²) in [4.78, 5) is 31.1. The van der Waals surface area contributed by atoms with Crippen LogP contribution < -0.4 is 19.8 Å². The highest BCUT2D eigenvalue weighted by Gasteiger charge is 2.45. The van der Waals surface area contributed by atoms with Gasteiger partial charge in [-0.05, 0) is 62.6 Å². The Bertz CT molecular complexity index is 1260. The molecule has 0 unspecified atom stereocenters. The molecule has 12 heteroatoms. The molecule has 11 nitrogen and oxygen atoms in total. The first-order valence-corrected chi connectivity index (χ1v) is 14.2. The predicted molar refractivity (Wildman–Crippen MR) is 138 cm³/mol. The van der Waals surface area contributed by atoms with Crippen molar-refractivity contribution in [1.82, 2.24) is 15.0 Å². The number of hydrogen-bond donors (Lipinski definition) is 2. The highest BCUT2D eigenvalue weighted by atomic mass is 32.2. The summed E-state index contributed by atoms with van der Waals surface area (Å²) in [5.41, 5.74) is 1.55. The number of carbonyl (C=O) groups excluding carboxylic acids is 1. The number of aryl methyl sites for hydroxylation is 1. The van der Waals surface area contributed by atoms with E-state index >= 15 is 0 Å². The first-order valence-electron chi connectivity index (χ1n) is 12.4. The van der Waals surface area contributed by atoms with Crippen molar-refractivity contribution in [3.63, 3.8) is 0 Å². The van der Waals surface area contributed by atoms with Crippen molar-refractivity contribution in [1.29, 1.82) is 0 Å². The molecule has 194 valence electrons. The van der Waals surface area contributed by atoms with E-state index in [1.54, 1.807) is 0 Å². The second-order valence-corrected chi connectivity index (χ2v) is 12.0. The summed E-state index contributed by atoms with van der Waals surface area (Å²) in [6, 6.07) is 3.81. The van der Waals surface area contributed by atoms with Crippen LogP contribution in [0, 0.1) is 12.3 Å². The summed E-state index contributed by atoms with van der Waals surface area (Å²) < 4.78 is 31.5. The molecule has 2 saturated heterocycles. The summed E-state index contributed by atoms with van der Waals surface area (Å²) in [5, 5.41) is 2.89. The number of hydrogen-bond acceptors (Lipinski definition) is 9. The SMILES string of the molecule is Cc1cc(NC(=O)c2ncc(NS(C)(=O)=O)nc2N2CCC3(CC2)CC3)nc(N2CCO[C@H](C)C2)c1. The van der Waals surface area contributed by atoms with Gasteiger partial charge < -0.3 is 19.9 Å². The normalized spacial score (nSPS) is 21.4. The van der Waals surface area contributed by atoms with Gasteiger partial charge in [0.2, 0.25) is 10.0 Å². The van der Waals surface area contributed by atoms with Crippen LogP contribution in [0.15, 0.2) is 18.3 Å². The van der Waals surface area contributed by atoms with Crippen LogP contribution in [0.3, 0.4) is 0 Å². The highest BCUT2D eigenvalue weighted by molar-refractivity contribution is 7.92. The van der Waals surface area contributed by atoms with E-state index in [1.165, 1.54) is 19.0 Å². The van der Waals surface area contributed by atoms with Gasteiger partial charge in [0.25, 0.3) is 5.91 Å². The van der Waals surface area contributed by atoms with Gasteiger partial charge in [0.1, 0.15) is 11.6 Å². The van der Waals surface area contributed by atoms with Crippen molar-refractivity contribution < 1.29 is 17.9 Å². The fourth-order valence-electron chi connectivity index (χ4n) is 4.95. The minimum absolute atomic E-state index is 0.0909. The smallest absolute Gasteiger partial charge is 0.279 e. The average Bonchev–Trinajstić information content (AvgIpc) is 3.56. The zero-order valence-corrected chi connectivity index (χ0v) is 21.8. The van der Waals surface area contributed by atoms with Crippen LogP contribution in [-0.2, 0) is 14.8 Å². The van der Waals surface area contributed by atoms with Crippen LogP contribution in [0.1, 0.15) is 48.7 Å². The Hall–Kier alpha value is -2.99. The van der Waals surface area contributed by atoms with Gasteiger partial charge in [-0.25, -0.2) is 23.4 Å². The van der Waals surface area contributed by atoms with Gasteiger partial charge in [-0.15, -0.1) is 0 Å². The number of aromatic nitrogens is 3. The summed E-state index contributed by atoms with van der Waals surface area (Å²) in [6.07, 6.45) is 6.99. The largest absolute Gasteiger partial charge is 0.375 e. The third-order valence-corrected chi connectivity index (χ3v) is 7.68. The van der Waals surface area contributed by atoms with Gasteiger partial charge in [0.15, 0.2) is 17.3 Å². The minimum atomic E-state index is -3.53. The fourth-order valence-corrected chi connectivity index (χ4v) is 5.42. The number of carbonyl (C=O) groups is 1. The van der Waals surface area contributed by atoms with E-state index in [0.29, 0.717) is 23.7 Å². The van der Waals surface area contributed by atoms with Gasteiger partial charge in [-0.3, -0.25) is 9.52 Å². The van der Waals surface area contributed by atoms with E-state index < -0.39 is 15.9 Å². The average molecular weight is 516 g/mol. The van der Waals surface area contributed by atoms with Crippen molar-refractivity contribution in [2.45, 2.75) is 45.6 Å². The Morgan fingerprint density at radius 3 is 2.50 bits per heavy atom. The van der Waals surface area contributed by atoms with Gasteiger partial charge in [0.05, 0.1) is 25.2 Å². The van der Waals surface area contributed by atoms with Crippen LogP contribution in [0.25, 0.3) is 0 Å². The lowest BCUT2D eigenvalue weighted by Crippen LogP contribution is -2.41. The highest BCUT2D eigenvalue weighted by Crippen LogP contribution is 2.54. The van der Waals surface area contributed by atoms with Crippen molar-refractivity contribution in [2.24, 2.45) is 5.41 Å². The van der Waals surface area contributed by atoms with Gasteiger partial charge >= 0.3 is 0 Å². The molecule has 2 aromatic rings. The Morgan fingerprint density at radius 1 is 1.08 bits per heavy atom. The molecule has 1 spiro atoms. The van der Waals surface area contributed by atoms with Crippen LogP contribution >= 0.6 is 0 Å². The number of anilines is 4. The lowest BCUT2D eigenvalue weighted by molar-refractivity contribution is 0.0529. The maximum atomic E-state index is 13.4. The first kappa shape index (κ1) is 24.7. The molecular weight excluding hydrogens is 482 g/mol. The molecule has 3 fully saturated rings. The van der Waals surface area contributed by atoms with Crippen molar-refractivity contribution in [3.05, 3.63) is 29.6 Å². The molecular formula is C24H33N7O4S. The molecule has 2 aromatic heterocycles. The third-order valence-electron chi connectivity index (χ3n) is 7.10. The van der Waals surface area contributed by atoms with E-state index in [0.717, 1.165) is 56.7 Å². The van der Waals surface area contributed by atoms with E-state index in [4.69, 9.17) is 4.74 Å². The number of pyridine rings is 1. The number of ether oxygens (including phenoxy) is 1. The minimum Gasteiger partial charge on any atom is -0.375 e. The number of morpholine rings is 1. The Balaban J connectivity index is 1.40. The molecule has 0 bridgehead atoms. The molecule has 2 N–H and O–H groups in total. The number of rotatable bonds is 6. The lowest BCUT2D eigenvalue weighted by Gasteiger charge is -2.33. The summed E-state index contributed by atoms with van der Waals surface area (Å²) >= 11 is 0. The van der Waals surface area contributed by atoms with E-state index in [1.807, 2.05) is 30.9 Å². The second-order valence-electron chi connectivity index (χ2n) is 10.3. The van der Waals surface area contributed by atoms with Crippen molar-refractivity contribution in [3.8, 4) is 0 Å². The van der Waals surface area contributed by atoms with Crippen LogP contribution in [0.2, 0.25) is 0 Å². The summed E-state index contributed by atoms with van der Waals surface area (Å²) in [6.45, 7) is 7.57. The molecule has 5 rings (SSSR count). The second kappa shape index (κ2) is 9.47. The number of nitrogens with zero attached hydrogens (tertiary/aromatic N) is 5. The monoisotopic (exact) mass is 515 g/mol. The maximum absolute atomic E-state index is 13.4. The lowest BCUT2D eigenvalue weighted by atomic mass is 9.93. The quantitative estimate of drug-likeness (QED) is 0.596. The Kier molecular flexibility index (Phi) is 6.50. The van der Waals surface area contributed by atoms with Crippen molar-refractivity contribution in [2.75, 3.05) is 58.9 Å². The third kappa shape index (κ3) is 5.70. The van der Waals surface area contributed by atoms with Gasteiger partial charge in [-0.2, -0.15) is 0 Å². The molecule has 1 aliphatic carbocycles. The molecule has 4 heterocycles. The molecule has 1 amide bonds. The molecule has 1 saturated carbocycles. The Labute approximate surface area is 211 Å². The van der Waals surface area contributed by atoms with E-state index in [9.17, 15) is 13.2 Å². The van der Waals surface area contributed by atoms with E-state index in [-0.39, 0.29) is 17.6 Å². The number of nitrogens with one attached hydrogen (secondary N) is 2. The zero-order valence-electron chi connectivity index (χ0n) is 21.0. The van der Waals surface area contributed by atoms with Crippen LogP contribution in [0.5, 0.6) is 0 Å². The Morgan fingerprint density at radius 2 is 1.83 bits per heavy atom. The molecule has 36 heavy (non-hydrogen) atoms. The van der Waals surface area contributed by atoms with Gasteiger partial charge in [0, 0.05) is 26.2 Å². The summed E-state index contributed by atoms with van der Waals surface area (Å²) in [7, 11) is -3.53. The van der Waals surface area contributed by atoms with Crippen LogP contribution in [0.4, 0.5) is 23.3 Å². The number of piperidine rings is 1. The van der Waals surface area contributed by atoms with Crippen molar-refractivity contribution >= 4 is 39.2 Å². The zero-order chi connectivity index (χ0) is 25.5. The molecule has 2 aliphatic heterocycles.